The van der Waals surface area contributed by atoms with Crippen LogP contribution in [-0.4, -0.2) is 49.9 Å². The molecule has 7 nitrogen and oxygen atoms in total. The zero-order valence-electron chi connectivity index (χ0n) is 16.0. The van der Waals surface area contributed by atoms with Gasteiger partial charge in [0, 0.05) is 50.8 Å². The summed E-state index contributed by atoms with van der Waals surface area (Å²) in [5.74, 6) is 1.75. The van der Waals surface area contributed by atoms with Crippen LogP contribution in [0.2, 0.25) is 0 Å². The summed E-state index contributed by atoms with van der Waals surface area (Å²) in [5, 5.41) is 6.63. The van der Waals surface area contributed by atoms with E-state index in [4.69, 9.17) is 9.47 Å². The van der Waals surface area contributed by atoms with Crippen LogP contribution >= 0.6 is 0 Å². The van der Waals surface area contributed by atoms with E-state index in [0.717, 1.165) is 31.0 Å². The Hall–Kier alpha value is -2.38. The van der Waals surface area contributed by atoms with Gasteiger partial charge in [0.2, 0.25) is 5.95 Å². The fraction of sp³-hybridized carbons (Fsp3) is 0.500. The fourth-order valence-electron chi connectivity index (χ4n) is 3.49. The third-order valence-electron chi connectivity index (χ3n) is 4.84. The number of nitrogens with zero attached hydrogens (tertiary/aromatic N) is 1. The van der Waals surface area contributed by atoms with E-state index in [9.17, 15) is 4.79 Å². The topological polar surface area (TPSA) is 88.3 Å². The van der Waals surface area contributed by atoms with E-state index in [1.54, 1.807) is 13.2 Å². The lowest BCUT2D eigenvalue weighted by molar-refractivity contribution is 0.147. The van der Waals surface area contributed by atoms with Gasteiger partial charge in [0.1, 0.15) is 5.75 Å². The summed E-state index contributed by atoms with van der Waals surface area (Å²) in [5.41, 5.74) is 1.87. The highest BCUT2D eigenvalue weighted by atomic mass is 16.5. The molecular weight excluding hydrogens is 344 g/mol. The summed E-state index contributed by atoms with van der Waals surface area (Å²) in [4.78, 5) is 19.6. The molecule has 1 saturated heterocycles. The highest BCUT2D eigenvalue weighted by molar-refractivity contribution is 5.35. The van der Waals surface area contributed by atoms with Crippen molar-refractivity contribution < 1.29 is 9.47 Å². The van der Waals surface area contributed by atoms with Crippen molar-refractivity contribution in [3.05, 3.63) is 51.9 Å². The number of methoxy groups -OCH3 is 1. The number of aromatic nitrogens is 2. The monoisotopic (exact) mass is 372 g/mol. The molecule has 1 aromatic heterocycles. The number of aromatic amines is 1. The van der Waals surface area contributed by atoms with Crippen molar-refractivity contribution in [2.24, 2.45) is 0 Å². The molecule has 27 heavy (non-hydrogen) atoms. The predicted octanol–water partition coefficient (Wildman–Crippen LogP) is 2.09. The number of anilines is 1. The first-order valence-electron chi connectivity index (χ1n) is 9.48. The van der Waals surface area contributed by atoms with Crippen LogP contribution in [0.15, 0.2) is 35.1 Å². The van der Waals surface area contributed by atoms with Gasteiger partial charge in [-0.2, -0.15) is 0 Å². The largest absolute Gasteiger partial charge is 0.497 e. The maximum absolute atomic E-state index is 12.1. The lowest BCUT2D eigenvalue weighted by atomic mass is 9.86. The summed E-state index contributed by atoms with van der Waals surface area (Å²) < 4.78 is 10.7. The molecule has 0 spiro atoms. The van der Waals surface area contributed by atoms with E-state index < -0.39 is 0 Å². The van der Waals surface area contributed by atoms with Crippen LogP contribution in [0, 0.1) is 0 Å². The van der Waals surface area contributed by atoms with Crippen LogP contribution in [0.3, 0.4) is 0 Å². The minimum atomic E-state index is -0.136. The van der Waals surface area contributed by atoms with Gasteiger partial charge >= 0.3 is 0 Å². The summed E-state index contributed by atoms with van der Waals surface area (Å²) in [6.07, 6.45) is 0.860. The lowest BCUT2D eigenvalue weighted by Crippen LogP contribution is -2.19. The maximum atomic E-state index is 12.1. The normalized spacial score (nSPS) is 19.2. The third-order valence-corrected chi connectivity index (χ3v) is 4.84. The molecule has 1 aromatic carbocycles. The molecule has 0 unspecified atom stereocenters. The van der Waals surface area contributed by atoms with Gasteiger partial charge in [-0.1, -0.05) is 12.1 Å². The van der Waals surface area contributed by atoms with Gasteiger partial charge in [0.25, 0.3) is 5.56 Å². The van der Waals surface area contributed by atoms with Crippen molar-refractivity contribution in [1.29, 1.82) is 0 Å². The molecule has 0 saturated carbocycles. The number of H-pyrrole nitrogens is 1. The lowest BCUT2D eigenvalue weighted by Gasteiger charge is -2.19. The van der Waals surface area contributed by atoms with Crippen molar-refractivity contribution >= 4 is 5.95 Å². The number of hydrogen-bond donors (Lipinski definition) is 3. The Balaban J connectivity index is 1.75. The number of rotatable bonds is 9. The van der Waals surface area contributed by atoms with Crippen LogP contribution in [-0.2, 0) is 4.74 Å². The van der Waals surface area contributed by atoms with Gasteiger partial charge in [-0.25, -0.2) is 4.98 Å². The van der Waals surface area contributed by atoms with Gasteiger partial charge in [-0.3, -0.25) is 9.78 Å². The van der Waals surface area contributed by atoms with Crippen molar-refractivity contribution in [3.63, 3.8) is 0 Å². The van der Waals surface area contributed by atoms with Crippen LogP contribution < -0.4 is 20.9 Å². The molecule has 3 N–H and O–H groups in total. The highest BCUT2D eigenvalue weighted by Crippen LogP contribution is 2.36. The second-order valence-corrected chi connectivity index (χ2v) is 6.64. The number of nitrogens with one attached hydrogen (secondary N) is 3. The second kappa shape index (κ2) is 9.53. The number of benzene rings is 1. The van der Waals surface area contributed by atoms with E-state index in [2.05, 4.69) is 32.7 Å². The van der Waals surface area contributed by atoms with Gasteiger partial charge in [-0.05, 0) is 31.0 Å². The first kappa shape index (κ1) is 19.4. The molecule has 0 aliphatic carbocycles. The highest BCUT2D eigenvalue weighted by Gasteiger charge is 2.31. The zero-order valence-corrected chi connectivity index (χ0v) is 16.0. The molecule has 146 valence electrons. The molecule has 2 aromatic rings. The average molecular weight is 372 g/mol. The summed E-state index contributed by atoms with van der Waals surface area (Å²) in [7, 11) is 1.67. The summed E-state index contributed by atoms with van der Waals surface area (Å²) in [6.45, 7) is 5.73. The van der Waals surface area contributed by atoms with Gasteiger partial charge in [-0.15, -0.1) is 0 Å². The van der Waals surface area contributed by atoms with Gasteiger partial charge in [0.05, 0.1) is 12.8 Å². The van der Waals surface area contributed by atoms with Crippen LogP contribution in [0.1, 0.15) is 36.4 Å². The Morgan fingerprint density at radius 2 is 2.11 bits per heavy atom. The third kappa shape index (κ3) is 5.08. The maximum Gasteiger partial charge on any atom is 0.252 e. The molecule has 2 heterocycles. The Labute approximate surface area is 159 Å². The predicted molar refractivity (Wildman–Crippen MR) is 106 cm³/mol. The molecule has 1 fully saturated rings. The van der Waals surface area contributed by atoms with E-state index >= 15 is 0 Å². The Morgan fingerprint density at radius 3 is 2.93 bits per heavy atom. The SMILES string of the molecule is CCOCCCNc1nc([C@@H]2CNC[C@H]2c2cccc(OC)c2)cc(=O)[nH]1. The van der Waals surface area contributed by atoms with Gasteiger partial charge < -0.3 is 20.1 Å². The van der Waals surface area contributed by atoms with Crippen LogP contribution in [0.25, 0.3) is 0 Å². The zero-order chi connectivity index (χ0) is 19.1. The van der Waals surface area contributed by atoms with Crippen LogP contribution in [0.5, 0.6) is 5.75 Å². The average Bonchev–Trinajstić information content (AvgIpc) is 3.17. The molecule has 7 heteroatoms. The van der Waals surface area contributed by atoms with Crippen molar-refractivity contribution in [2.75, 3.05) is 45.3 Å². The van der Waals surface area contributed by atoms with E-state index in [-0.39, 0.29) is 17.4 Å². The first-order chi connectivity index (χ1) is 13.2. The van der Waals surface area contributed by atoms with Crippen LogP contribution in [0.4, 0.5) is 5.95 Å². The van der Waals surface area contributed by atoms with Gasteiger partial charge in [0.15, 0.2) is 0 Å². The number of ether oxygens (including phenoxy) is 2. The van der Waals surface area contributed by atoms with Crippen molar-refractivity contribution in [2.45, 2.75) is 25.2 Å². The van der Waals surface area contributed by atoms with Crippen molar-refractivity contribution in [1.82, 2.24) is 15.3 Å². The minimum absolute atomic E-state index is 0.136. The first-order valence-corrected chi connectivity index (χ1v) is 9.48. The fourth-order valence-corrected chi connectivity index (χ4v) is 3.49. The smallest absolute Gasteiger partial charge is 0.252 e. The Morgan fingerprint density at radius 1 is 1.26 bits per heavy atom. The molecule has 0 amide bonds. The second-order valence-electron chi connectivity index (χ2n) is 6.64. The summed E-state index contributed by atoms with van der Waals surface area (Å²) >= 11 is 0. The standard InChI is InChI=1S/C20H28N4O3/c1-3-27-9-5-8-22-20-23-18(11-19(25)24-20)17-13-21-12-16(17)14-6-4-7-15(10-14)26-2/h4,6-7,10-11,16-17,21H,3,5,8-9,12-13H2,1-2H3,(H2,22,23,24,25)/t16-,17+/m0/s1. The Bertz CT molecular complexity index is 793. The summed E-state index contributed by atoms with van der Waals surface area (Å²) in [6, 6.07) is 9.71. The minimum Gasteiger partial charge on any atom is -0.497 e. The quantitative estimate of drug-likeness (QED) is 0.584. The molecular formula is C20H28N4O3. The molecule has 0 radical (unpaired) electrons. The molecule has 1 aliphatic rings. The van der Waals surface area contributed by atoms with E-state index in [1.165, 1.54) is 5.56 Å². The molecule has 3 rings (SSSR count). The molecule has 1 aliphatic heterocycles. The molecule has 2 atom stereocenters. The number of hydrogen-bond acceptors (Lipinski definition) is 6. The molecule has 0 bridgehead atoms. The van der Waals surface area contributed by atoms with E-state index in [0.29, 0.717) is 25.7 Å². The van der Waals surface area contributed by atoms with Crippen molar-refractivity contribution in [3.8, 4) is 5.75 Å². The Kier molecular flexibility index (Phi) is 6.84. The van der Waals surface area contributed by atoms with E-state index in [1.807, 2.05) is 19.1 Å².